The van der Waals surface area contributed by atoms with Crippen molar-refractivity contribution in [1.82, 2.24) is 15.0 Å². The molecule has 0 amide bonds. The number of imidazole rings is 1. The minimum atomic E-state index is -0.329. The number of fused-ring (bicyclic) bond motifs is 2. The molecule has 4 rings (SSSR count). The van der Waals surface area contributed by atoms with Gasteiger partial charge in [0.1, 0.15) is 33.7 Å². The third kappa shape index (κ3) is 2.76. The van der Waals surface area contributed by atoms with E-state index in [2.05, 4.69) is 15.0 Å². The normalized spacial score (nSPS) is 16.3. The zero-order chi connectivity index (χ0) is 17.6. The number of nitrogens with zero attached hydrogens (tertiary/aromatic N) is 2. The topological polar surface area (TPSA) is 60.0 Å². The Balaban J connectivity index is 1.79. The van der Waals surface area contributed by atoms with E-state index in [0.717, 1.165) is 39.6 Å². The summed E-state index contributed by atoms with van der Waals surface area (Å²) in [5, 5.41) is -0.304. The van der Waals surface area contributed by atoms with Crippen molar-refractivity contribution in [3.8, 4) is 11.5 Å². The SMILES string of the molecule is COc1cccc2[nH]c(C(S)c3nccc4c3C=CC(C)(C)O4)nc12. The molecule has 1 N–H and O–H groups in total. The predicted octanol–water partition coefficient (Wildman–Crippen LogP) is 4.17. The van der Waals surface area contributed by atoms with Crippen LogP contribution in [0.1, 0.15) is 36.2 Å². The largest absolute Gasteiger partial charge is 0.494 e. The van der Waals surface area contributed by atoms with E-state index in [4.69, 9.17) is 22.1 Å². The fourth-order valence-corrected chi connectivity index (χ4v) is 3.32. The van der Waals surface area contributed by atoms with Crippen molar-refractivity contribution in [2.45, 2.75) is 24.7 Å². The van der Waals surface area contributed by atoms with E-state index in [1.54, 1.807) is 13.3 Å². The van der Waals surface area contributed by atoms with Gasteiger partial charge in [0, 0.05) is 11.8 Å². The number of benzene rings is 1. The lowest BCUT2D eigenvalue weighted by Crippen LogP contribution is -2.28. The Hall–Kier alpha value is -2.47. The van der Waals surface area contributed by atoms with Gasteiger partial charge in [-0.3, -0.25) is 4.98 Å². The summed E-state index contributed by atoms with van der Waals surface area (Å²) >= 11 is 4.77. The fraction of sp³-hybridized carbons (Fsp3) is 0.263. The van der Waals surface area contributed by atoms with Crippen LogP contribution < -0.4 is 9.47 Å². The number of pyridine rings is 1. The second-order valence-electron chi connectivity index (χ2n) is 6.53. The average Bonchev–Trinajstić information content (AvgIpc) is 3.03. The summed E-state index contributed by atoms with van der Waals surface area (Å²) in [7, 11) is 1.64. The van der Waals surface area contributed by atoms with Crippen LogP contribution in [0.3, 0.4) is 0 Å². The molecule has 0 aliphatic carbocycles. The molecule has 1 unspecified atom stereocenters. The Morgan fingerprint density at radius 2 is 2.12 bits per heavy atom. The molecule has 0 radical (unpaired) electrons. The van der Waals surface area contributed by atoms with Gasteiger partial charge in [0.05, 0.1) is 18.3 Å². The quantitative estimate of drug-likeness (QED) is 0.694. The summed E-state index contributed by atoms with van der Waals surface area (Å²) in [5.74, 6) is 2.26. The van der Waals surface area contributed by atoms with Crippen LogP contribution in [-0.4, -0.2) is 27.7 Å². The van der Waals surface area contributed by atoms with Crippen molar-refractivity contribution in [2.75, 3.05) is 7.11 Å². The number of thiol groups is 1. The Morgan fingerprint density at radius 3 is 2.92 bits per heavy atom. The molecule has 3 aromatic rings. The van der Waals surface area contributed by atoms with Gasteiger partial charge in [-0.1, -0.05) is 6.07 Å². The van der Waals surface area contributed by atoms with Gasteiger partial charge in [0.2, 0.25) is 0 Å². The standard InChI is InChI=1S/C19H19N3O2S/c1-19(2)9-7-11-13(24-19)8-10-20-15(11)17(25)18-21-12-5-4-6-14(23-3)16(12)22-18/h4-10,17,25H,1-3H3,(H,21,22). The number of nitrogens with one attached hydrogen (secondary N) is 1. The maximum atomic E-state index is 6.03. The number of hydrogen-bond donors (Lipinski definition) is 2. The number of ether oxygens (including phenoxy) is 2. The number of methoxy groups -OCH3 is 1. The zero-order valence-electron chi connectivity index (χ0n) is 14.3. The molecule has 1 aromatic carbocycles. The molecule has 0 spiro atoms. The van der Waals surface area contributed by atoms with E-state index in [1.807, 2.05) is 50.3 Å². The maximum absolute atomic E-state index is 6.03. The van der Waals surface area contributed by atoms with Crippen molar-refractivity contribution in [1.29, 1.82) is 0 Å². The van der Waals surface area contributed by atoms with Crippen LogP contribution in [-0.2, 0) is 0 Å². The summed E-state index contributed by atoms with van der Waals surface area (Å²) in [6.45, 7) is 4.05. The van der Waals surface area contributed by atoms with Crippen molar-refractivity contribution in [3.05, 3.63) is 53.6 Å². The molecule has 2 aromatic heterocycles. The van der Waals surface area contributed by atoms with Gasteiger partial charge in [0.25, 0.3) is 0 Å². The highest BCUT2D eigenvalue weighted by Crippen LogP contribution is 2.38. The van der Waals surface area contributed by atoms with Gasteiger partial charge in [-0.15, -0.1) is 0 Å². The fourth-order valence-electron chi connectivity index (χ4n) is 3.00. The van der Waals surface area contributed by atoms with Gasteiger partial charge in [-0.2, -0.15) is 12.6 Å². The molecule has 0 bridgehead atoms. The Bertz CT molecular complexity index is 978. The minimum Gasteiger partial charge on any atom is -0.494 e. The lowest BCUT2D eigenvalue weighted by Gasteiger charge is -2.29. The van der Waals surface area contributed by atoms with Crippen LogP contribution in [0.25, 0.3) is 17.1 Å². The number of hydrogen-bond acceptors (Lipinski definition) is 5. The summed E-state index contributed by atoms with van der Waals surface area (Å²) < 4.78 is 11.4. The van der Waals surface area contributed by atoms with Crippen LogP contribution in [0.15, 0.2) is 36.5 Å². The lowest BCUT2D eigenvalue weighted by atomic mass is 10.0. The Labute approximate surface area is 151 Å². The Kier molecular flexibility index (Phi) is 3.72. The summed E-state index contributed by atoms with van der Waals surface area (Å²) in [6.07, 6.45) is 5.83. The maximum Gasteiger partial charge on any atom is 0.146 e. The molecule has 1 atom stereocenters. The van der Waals surface area contributed by atoms with Crippen LogP contribution in [0.5, 0.6) is 11.5 Å². The second-order valence-corrected chi connectivity index (χ2v) is 7.04. The first kappa shape index (κ1) is 16.0. The van der Waals surface area contributed by atoms with Crippen LogP contribution in [0.4, 0.5) is 0 Å². The molecule has 6 heteroatoms. The van der Waals surface area contributed by atoms with Gasteiger partial charge >= 0.3 is 0 Å². The molecule has 1 aliphatic heterocycles. The molecule has 25 heavy (non-hydrogen) atoms. The first-order valence-electron chi connectivity index (χ1n) is 8.06. The molecular weight excluding hydrogens is 334 g/mol. The first-order valence-corrected chi connectivity index (χ1v) is 8.58. The molecule has 0 saturated heterocycles. The van der Waals surface area contributed by atoms with Crippen molar-refractivity contribution >= 4 is 29.7 Å². The van der Waals surface area contributed by atoms with E-state index in [-0.39, 0.29) is 10.9 Å². The highest BCUT2D eigenvalue weighted by atomic mass is 32.1. The minimum absolute atomic E-state index is 0.304. The van der Waals surface area contributed by atoms with Crippen LogP contribution in [0, 0.1) is 0 Å². The van der Waals surface area contributed by atoms with E-state index in [9.17, 15) is 0 Å². The predicted molar refractivity (Wildman–Crippen MR) is 101 cm³/mol. The van der Waals surface area contributed by atoms with Crippen molar-refractivity contribution < 1.29 is 9.47 Å². The summed E-state index contributed by atoms with van der Waals surface area (Å²) in [6, 6.07) is 7.67. The molecule has 5 nitrogen and oxygen atoms in total. The second kappa shape index (κ2) is 5.81. The third-order valence-electron chi connectivity index (χ3n) is 4.24. The van der Waals surface area contributed by atoms with Crippen LogP contribution >= 0.6 is 12.6 Å². The van der Waals surface area contributed by atoms with Gasteiger partial charge in [-0.05, 0) is 44.2 Å². The highest BCUT2D eigenvalue weighted by Gasteiger charge is 2.27. The molecule has 0 saturated carbocycles. The molecule has 1 aliphatic rings. The van der Waals surface area contributed by atoms with Gasteiger partial charge in [0.15, 0.2) is 0 Å². The van der Waals surface area contributed by atoms with Gasteiger partial charge < -0.3 is 14.5 Å². The summed E-state index contributed by atoms with van der Waals surface area (Å²) in [5.41, 5.74) is 3.12. The average molecular weight is 353 g/mol. The number of para-hydroxylation sites is 1. The molecule has 3 heterocycles. The molecule has 0 fully saturated rings. The third-order valence-corrected chi connectivity index (χ3v) is 4.73. The highest BCUT2D eigenvalue weighted by molar-refractivity contribution is 7.80. The van der Waals surface area contributed by atoms with E-state index in [0.29, 0.717) is 0 Å². The van der Waals surface area contributed by atoms with Crippen molar-refractivity contribution in [2.24, 2.45) is 0 Å². The number of H-pyrrole nitrogens is 1. The van der Waals surface area contributed by atoms with E-state index in [1.165, 1.54) is 0 Å². The molecular formula is C19H19N3O2S. The number of rotatable bonds is 3. The van der Waals surface area contributed by atoms with E-state index < -0.39 is 0 Å². The zero-order valence-corrected chi connectivity index (χ0v) is 15.2. The number of aromatic amines is 1. The summed E-state index contributed by atoms with van der Waals surface area (Å²) in [4.78, 5) is 12.5. The lowest BCUT2D eigenvalue weighted by molar-refractivity contribution is 0.158. The van der Waals surface area contributed by atoms with Crippen LogP contribution in [0.2, 0.25) is 0 Å². The first-order chi connectivity index (χ1) is 12.0. The smallest absolute Gasteiger partial charge is 0.146 e. The van der Waals surface area contributed by atoms with E-state index >= 15 is 0 Å². The Morgan fingerprint density at radius 1 is 1.28 bits per heavy atom. The van der Waals surface area contributed by atoms with Gasteiger partial charge in [-0.25, -0.2) is 4.98 Å². The molecule has 128 valence electrons. The monoisotopic (exact) mass is 353 g/mol. The van der Waals surface area contributed by atoms with Crippen molar-refractivity contribution in [3.63, 3.8) is 0 Å². The number of aromatic nitrogens is 3.